The Morgan fingerprint density at radius 1 is 1.22 bits per heavy atom. The Hall–Kier alpha value is -2.67. The lowest BCUT2D eigenvalue weighted by Gasteiger charge is -2.18. The van der Waals surface area contributed by atoms with Gasteiger partial charge in [-0.05, 0) is 36.8 Å². The first-order valence-electron chi connectivity index (χ1n) is 8.99. The second-order valence-electron chi connectivity index (χ2n) is 6.86. The Morgan fingerprint density at radius 2 is 1.96 bits per heavy atom. The SMILES string of the molecule is COCC(=O)N1CC[C@@H](c2cc(-c3ccc(OC)cc3)nc(N(C)C)n2)C1. The van der Waals surface area contributed by atoms with Crippen LogP contribution in [0.1, 0.15) is 18.0 Å². The van der Waals surface area contributed by atoms with Gasteiger partial charge < -0.3 is 19.3 Å². The van der Waals surface area contributed by atoms with Crippen molar-refractivity contribution >= 4 is 11.9 Å². The molecular weight excluding hydrogens is 344 g/mol. The highest BCUT2D eigenvalue weighted by molar-refractivity contribution is 5.77. The number of amides is 1. The largest absolute Gasteiger partial charge is 0.497 e. The molecule has 7 nitrogen and oxygen atoms in total. The van der Waals surface area contributed by atoms with E-state index in [-0.39, 0.29) is 18.4 Å². The van der Waals surface area contributed by atoms with Gasteiger partial charge in [-0.2, -0.15) is 0 Å². The highest BCUT2D eigenvalue weighted by Gasteiger charge is 2.29. The molecule has 1 aliphatic rings. The first-order valence-corrected chi connectivity index (χ1v) is 8.99. The second kappa shape index (κ2) is 8.35. The van der Waals surface area contributed by atoms with Gasteiger partial charge in [-0.1, -0.05) is 0 Å². The molecule has 1 aromatic carbocycles. The van der Waals surface area contributed by atoms with Crippen LogP contribution in [0.5, 0.6) is 5.75 Å². The molecule has 0 radical (unpaired) electrons. The fraction of sp³-hybridized carbons (Fsp3) is 0.450. The van der Waals surface area contributed by atoms with E-state index < -0.39 is 0 Å². The summed E-state index contributed by atoms with van der Waals surface area (Å²) in [4.78, 5) is 25.3. The third-order valence-corrected chi connectivity index (χ3v) is 4.75. The Kier molecular flexibility index (Phi) is 5.91. The van der Waals surface area contributed by atoms with Gasteiger partial charge >= 0.3 is 0 Å². The minimum Gasteiger partial charge on any atom is -0.497 e. The monoisotopic (exact) mass is 370 g/mol. The standard InChI is InChI=1S/C20H26N4O3/c1-23(2)20-21-17(14-5-7-16(27-4)8-6-14)11-18(22-20)15-9-10-24(12-15)19(25)13-26-3/h5-8,11,15H,9-10,12-13H2,1-4H3/t15-/m1/s1. The zero-order chi connectivity index (χ0) is 19.4. The normalized spacial score (nSPS) is 16.4. The third kappa shape index (κ3) is 4.36. The van der Waals surface area contributed by atoms with Gasteiger partial charge in [0.05, 0.1) is 18.5 Å². The third-order valence-electron chi connectivity index (χ3n) is 4.75. The Bertz CT molecular complexity index is 792. The predicted octanol–water partition coefficient (Wildman–Crippen LogP) is 2.18. The lowest BCUT2D eigenvalue weighted by Crippen LogP contribution is -2.31. The highest BCUT2D eigenvalue weighted by Crippen LogP contribution is 2.30. The van der Waals surface area contributed by atoms with Crippen LogP contribution in [0.3, 0.4) is 0 Å². The molecule has 1 aromatic heterocycles. The first-order chi connectivity index (χ1) is 13.0. The van der Waals surface area contributed by atoms with Crippen molar-refractivity contribution in [3.05, 3.63) is 36.0 Å². The summed E-state index contributed by atoms with van der Waals surface area (Å²) in [5, 5.41) is 0. The minimum atomic E-state index is 0.0252. The number of hydrogen-bond donors (Lipinski definition) is 0. The molecule has 27 heavy (non-hydrogen) atoms. The lowest BCUT2D eigenvalue weighted by atomic mass is 10.0. The van der Waals surface area contributed by atoms with Crippen molar-refractivity contribution in [1.82, 2.24) is 14.9 Å². The first kappa shape index (κ1) is 19.1. The van der Waals surface area contributed by atoms with E-state index in [1.54, 1.807) is 14.2 Å². The van der Waals surface area contributed by atoms with E-state index in [4.69, 9.17) is 14.5 Å². The lowest BCUT2D eigenvalue weighted by molar-refractivity contribution is -0.134. The average molecular weight is 370 g/mol. The van der Waals surface area contributed by atoms with Crippen molar-refractivity contribution < 1.29 is 14.3 Å². The molecule has 1 fully saturated rings. The van der Waals surface area contributed by atoms with E-state index >= 15 is 0 Å². The van der Waals surface area contributed by atoms with Gasteiger partial charge in [0.2, 0.25) is 11.9 Å². The van der Waals surface area contributed by atoms with E-state index in [0.29, 0.717) is 12.5 Å². The molecule has 1 amide bonds. The van der Waals surface area contributed by atoms with Crippen LogP contribution in [0, 0.1) is 0 Å². The molecule has 144 valence electrons. The van der Waals surface area contributed by atoms with Gasteiger partial charge in [-0.25, -0.2) is 9.97 Å². The number of benzene rings is 1. The summed E-state index contributed by atoms with van der Waals surface area (Å²) < 4.78 is 10.2. The molecule has 7 heteroatoms. The summed E-state index contributed by atoms with van der Waals surface area (Å²) in [6, 6.07) is 9.87. The summed E-state index contributed by atoms with van der Waals surface area (Å²) in [5.41, 5.74) is 2.84. The Morgan fingerprint density at radius 3 is 2.59 bits per heavy atom. The number of carbonyl (C=O) groups excluding carboxylic acids is 1. The molecule has 0 saturated carbocycles. The molecule has 0 aliphatic carbocycles. The number of carbonyl (C=O) groups is 1. The zero-order valence-corrected chi connectivity index (χ0v) is 16.3. The van der Waals surface area contributed by atoms with Crippen LogP contribution >= 0.6 is 0 Å². The minimum absolute atomic E-state index is 0.0252. The molecule has 1 aliphatic heterocycles. The molecule has 3 rings (SSSR count). The topological polar surface area (TPSA) is 67.8 Å². The molecule has 2 aromatic rings. The van der Waals surface area contributed by atoms with E-state index in [1.165, 1.54) is 0 Å². The van der Waals surface area contributed by atoms with Gasteiger partial charge in [0.25, 0.3) is 0 Å². The van der Waals surface area contributed by atoms with E-state index in [9.17, 15) is 4.79 Å². The smallest absolute Gasteiger partial charge is 0.248 e. The predicted molar refractivity (Wildman–Crippen MR) is 104 cm³/mol. The number of ether oxygens (including phenoxy) is 2. The zero-order valence-electron chi connectivity index (χ0n) is 16.3. The van der Waals surface area contributed by atoms with Crippen LogP contribution < -0.4 is 9.64 Å². The van der Waals surface area contributed by atoms with Crippen LogP contribution in [0.2, 0.25) is 0 Å². The van der Waals surface area contributed by atoms with E-state index in [1.807, 2.05) is 54.2 Å². The second-order valence-corrected chi connectivity index (χ2v) is 6.86. The van der Waals surface area contributed by atoms with Crippen molar-refractivity contribution in [3.8, 4) is 17.0 Å². The van der Waals surface area contributed by atoms with Gasteiger partial charge in [-0.3, -0.25) is 4.79 Å². The number of hydrogen-bond acceptors (Lipinski definition) is 6. The summed E-state index contributed by atoms with van der Waals surface area (Å²) in [6.45, 7) is 1.51. The number of likely N-dealkylation sites (tertiary alicyclic amines) is 1. The molecular formula is C20H26N4O3. The summed E-state index contributed by atoms with van der Waals surface area (Å²) >= 11 is 0. The number of rotatable bonds is 6. The Balaban J connectivity index is 1.89. The maximum absolute atomic E-state index is 12.1. The van der Waals surface area contributed by atoms with Crippen LogP contribution in [0.15, 0.2) is 30.3 Å². The number of methoxy groups -OCH3 is 2. The van der Waals surface area contributed by atoms with Crippen molar-refractivity contribution in [2.75, 3.05) is 52.9 Å². The fourth-order valence-electron chi connectivity index (χ4n) is 3.21. The van der Waals surface area contributed by atoms with Crippen molar-refractivity contribution in [1.29, 1.82) is 0 Å². The number of aromatic nitrogens is 2. The molecule has 0 unspecified atom stereocenters. The highest BCUT2D eigenvalue weighted by atomic mass is 16.5. The maximum Gasteiger partial charge on any atom is 0.248 e. The molecule has 0 spiro atoms. The summed E-state index contributed by atoms with van der Waals surface area (Å²) in [7, 11) is 7.05. The van der Waals surface area contributed by atoms with Crippen molar-refractivity contribution in [3.63, 3.8) is 0 Å². The van der Waals surface area contributed by atoms with Crippen LogP contribution in [0.4, 0.5) is 5.95 Å². The van der Waals surface area contributed by atoms with E-state index in [0.717, 1.165) is 35.7 Å². The molecule has 1 saturated heterocycles. The van der Waals surface area contributed by atoms with Crippen LogP contribution in [-0.4, -0.2) is 68.8 Å². The maximum atomic E-state index is 12.1. The van der Waals surface area contributed by atoms with Gasteiger partial charge in [0, 0.05) is 45.8 Å². The van der Waals surface area contributed by atoms with Crippen molar-refractivity contribution in [2.45, 2.75) is 12.3 Å². The number of anilines is 1. The molecule has 1 atom stereocenters. The van der Waals surface area contributed by atoms with Gasteiger partial charge in [0.15, 0.2) is 0 Å². The quantitative estimate of drug-likeness (QED) is 0.776. The van der Waals surface area contributed by atoms with Crippen LogP contribution in [0.25, 0.3) is 11.3 Å². The van der Waals surface area contributed by atoms with Crippen molar-refractivity contribution in [2.24, 2.45) is 0 Å². The van der Waals surface area contributed by atoms with Gasteiger partial charge in [-0.15, -0.1) is 0 Å². The van der Waals surface area contributed by atoms with Crippen LogP contribution in [-0.2, 0) is 9.53 Å². The molecule has 0 bridgehead atoms. The summed E-state index contributed by atoms with van der Waals surface area (Å²) in [6.07, 6.45) is 0.890. The Labute approximate surface area is 159 Å². The molecule has 0 N–H and O–H groups in total. The van der Waals surface area contributed by atoms with E-state index in [2.05, 4.69) is 4.98 Å². The number of nitrogens with zero attached hydrogens (tertiary/aromatic N) is 4. The van der Waals surface area contributed by atoms with Gasteiger partial charge in [0.1, 0.15) is 12.4 Å². The molecule has 2 heterocycles. The summed E-state index contributed by atoms with van der Waals surface area (Å²) in [5.74, 6) is 1.70. The average Bonchev–Trinajstić information content (AvgIpc) is 3.18. The fourth-order valence-corrected chi connectivity index (χ4v) is 3.21.